The van der Waals surface area contributed by atoms with Crippen LogP contribution in [0.3, 0.4) is 0 Å². The lowest BCUT2D eigenvalue weighted by atomic mass is 9.90. The first-order valence-corrected chi connectivity index (χ1v) is 6.99. The van der Waals surface area contributed by atoms with Crippen LogP contribution >= 0.6 is 0 Å². The maximum Gasteiger partial charge on any atom is 0.132 e. The predicted octanol–water partition coefficient (Wildman–Crippen LogP) is 2.18. The fourth-order valence-corrected chi connectivity index (χ4v) is 3.09. The van der Waals surface area contributed by atoms with Crippen LogP contribution in [0.25, 0.3) is 0 Å². The van der Waals surface area contributed by atoms with E-state index < -0.39 is 0 Å². The van der Waals surface area contributed by atoms with E-state index in [2.05, 4.69) is 14.9 Å². The van der Waals surface area contributed by atoms with E-state index in [0.29, 0.717) is 6.10 Å². The molecule has 2 saturated heterocycles. The third-order valence-corrected chi connectivity index (χ3v) is 4.12. The van der Waals surface area contributed by atoms with E-state index in [1.807, 2.05) is 19.2 Å². The Hall–Kier alpha value is -1.16. The minimum atomic E-state index is 0.527. The molecule has 1 atom stereocenters. The standard InChI is InChI=1S/C14H21N3O/c1-11-15-7-4-14(16-11)17-8-5-12(6-9-17)13-3-2-10-18-13/h4,7,12-13H,2-3,5-6,8-10H2,1H3. The zero-order valence-corrected chi connectivity index (χ0v) is 11.0. The topological polar surface area (TPSA) is 38.2 Å². The second-order valence-electron chi connectivity index (χ2n) is 5.34. The first-order valence-electron chi connectivity index (χ1n) is 6.99. The highest BCUT2D eigenvalue weighted by Crippen LogP contribution is 2.30. The molecule has 0 radical (unpaired) electrons. The van der Waals surface area contributed by atoms with Gasteiger partial charge in [0, 0.05) is 25.9 Å². The van der Waals surface area contributed by atoms with Gasteiger partial charge in [0.25, 0.3) is 0 Å². The molecule has 3 rings (SSSR count). The summed E-state index contributed by atoms with van der Waals surface area (Å²) < 4.78 is 5.81. The summed E-state index contributed by atoms with van der Waals surface area (Å²) >= 11 is 0. The van der Waals surface area contributed by atoms with E-state index in [9.17, 15) is 0 Å². The van der Waals surface area contributed by atoms with Crippen molar-refractivity contribution in [1.82, 2.24) is 9.97 Å². The summed E-state index contributed by atoms with van der Waals surface area (Å²) in [6.45, 7) is 5.11. The Morgan fingerprint density at radius 2 is 2.11 bits per heavy atom. The van der Waals surface area contributed by atoms with Crippen LogP contribution in [0, 0.1) is 12.8 Å². The van der Waals surface area contributed by atoms with Crippen molar-refractivity contribution in [2.24, 2.45) is 5.92 Å². The number of ether oxygens (including phenoxy) is 1. The van der Waals surface area contributed by atoms with Crippen molar-refractivity contribution >= 4 is 5.82 Å². The summed E-state index contributed by atoms with van der Waals surface area (Å²) in [7, 11) is 0. The van der Waals surface area contributed by atoms with Crippen LogP contribution in [0.4, 0.5) is 5.82 Å². The Bertz CT molecular complexity index is 396. The van der Waals surface area contributed by atoms with Crippen molar-refractivity contribution in [2.45, 2.75) is 38.7 Å². The van der Waals surface area contributed by atoms with Crippen LogP contribution in [0.2, 0.25) is 0 Å². The molecule has 2 aliphatic heterocycles. The molecule has 0 aliphatic carbocycles. The highest BCUT2D eigenvalue weighted by molar-refractivity contribution is 5.37. The molecule has 2 fully saturated rings. The van der Waals surface area contributed by atoms with Gasteiger partial charge in [0.15, 0.2) is 0 Å². The van der Waals surface area contributed by atoms with Gasteiger partial charge < -0.3 is 9.64 Å². The van der Waals surface area contributed by atoms with Crippen molar-refractivity contribution in [2.75, 3.05) is 24.6 Å². The molecule has 1 aromatic heterocycles. The van der Waals surface area contributed by atoms with Gasteiger partial charge in [-0.2, -0.15) is 0 Å². The first kappa shape index (κ1) is 11.9. The third-order valence-electron chi connectivity index (χ3n) is 4.12. The van der Waals surface area contributed by atoms with Gasteiger partial charge in [-0.25, -0.2) is 9.97 Å². The molecule has 4 heteroatoms. The number of hydrogen-bond donors (Lipinski definition) is 0. The van der Waals surface area contributed by atoms with Gasteiger partial charge >= 0.3 is 0 Å². The average Bonchev–Trinajstić information content (AvgIpc) is 2.93. The van der Waals surface area contributed by atoms with E-state index in [4.69, 9.17) is 4.74 Å². The Morgan fingerprint density at radius 1 is 1.28 bits per heavy atom. The predicted molar refractivity (Wildman–Crippen MR) is 70.7 cm³/mol. The molecule has 1 aromatic rings. The number of hydrogen-bond acceptors (Lipinski definition) is 4. The largest absolute Gasteiger partial charge is 0.378 e. The van der Waals surface area contributed by atoms with Gasteiger partial charge in [-0.1, -0.05) is 0 Å². The monoisotopic (exact) mass is 247 g/mol. The molecule has 2 aliphatic rings. The van der Waals surface area contributed by atoms with Crippen LogP contribution in [0.5, 0.6) is 0 Å². The Morgan fingerprint density at radius 3 is 2.78 bits per heavy atom. The van der Waals surface area contributed by atoms with E-state index in [1.54, 1.807) is 0 Å². The third kappa shape index (κ3) is 2.48. The number of rotatable bonds is 2. The van der Waals surface area contributed by atoms with Crippen molar-refractivity contribution in [3.8, 4) is 0 Å². The number of piperidine rings is 1. The molecule has 3 heterocycles. The highest BCUT2D eigenvalue weighted by atomic mass is 16.5. The van der Waals surface area contributed by atoms with Crippen LogP contribution < -0.4 is 4.90 Å². The maximum atomic E-state index is 5.81. The van der Waals surface area contributed by atoms with Crippen molar-refractivity contribution in [3.05, 3.63) is 18.1 Å². The van der Waals surface area contributed by atoms with Gasteiger partial charge in [0.05, 0.1) is 6.10 Å². The Kier molecular flexibility index (Phi) is 3.46. The van der Waals surface area contributed by atoms with Crippen LogP contribution in [-0.4, -0.2) is 35.8 Å². The van der Waals surface area contributed by atoms with Gasteiger partial charge in [0.2, 0.25) is 0 Å². The minimum absolute atomic E-state index is 0.527. The summed E-state index contributed by atoms with van der Waals surface area (Å²) in [4.78, 5) is 11.0. The lowest BCUT2D eigenvalue weighted by Gasteiger charge is -2.35. The van der Waals surface area contributed by atoms with Gasteiger partial charge in [-0.3, -0.25) is 0 Å². The molecule has 0 aromatic carbocycles. The number of aromatic nitrogens is 2. The second kappa shape index (κ2) is 5.22. The highest BCUT2D eigenvalue weighted by Gasteiger charge is 2.29. The summed E-state index contributed by atoms with van der Waals surface area (Å²) in [5, 5.41) is 0. The SMILES string of the molecule is Cc1nccc(N2CCC(C3CCCO3)CC2)n1. The molecule has 18 heavy (non-hydrogen) atoms. The fraction of sp³-hybridized carbons (Fsp3) is 0.714. The fourth-order valence-electron chi connectivity index (χ4n) is 3.09. The minimum Gasteiger partial charge on any atom is -0.378 e. The van der Waals surface area contributed by atoms with Gasteiger partial charge in [0.1, 0.15) is 11.6 Å². The normalized spacial score (nSPS) is 25.6. The van der Waals surface area contributed by atoms with Crippen LogP contribution in [0.1, 0.15) is 31.5 Å². The molecule has 0 saturated carbocycles. The first-order chi connectivity index (χ1) is 8.83. The number of anilines is 1. The smallest absolute Gasteiger partial charge is 0.132 e. The summed E-state index contributed by atoms with van der Waals surface area (Å²) in [6.07, 6.45) is 7.35. The Balaban J connectivity index is 1.59. The maximum absolute atomic E-state index is 5.81. The van der Waals surface area contributed by atoms with Gasteiger partial charge in [-0.15, -0.1) is 0 Å². The summed E-state index contributed by atoms with van der Waals surface area (Å²) in [5.74, 6) is 2.69. The average molecular weight is 247 g/mol. The molecule has 0 spiro atoms. The molecule has 4 nitrogen and oxygen atoms in total. The lowest BCUT2D eigenvalue weighted by Crippen LogP contribution is -2.38. The second-order valence-corrected chi connectivity index (χ2v) is 5.34. The molecular weight excluding hydrogens is 226 g/mol. The van der Waals surface area contributed by atoms with E-state index >= 15 is 0 Å². The van der Waals surface area contributed by atoms with Crippen molar-refractivity contribution in [3.63, 3.8) is 0 Å². The van der Waals surface area contributed by atoms with Crippen LogP contribution in [0.15, 0.2) is 12.3 Å². The number of aryl methyl sites for hydroxylation is 1. The summed E-state index contributed by atoms with van der Waals surface area (Å²) in [5.41, 5.74) is 0. The van der Waals surface area contributed by atoms with E-state index in [-0.39, 0.29) is 0 Å². The van der Waals surface area contributed by atoms with E-state index in [0.717, 1.165) is 37.3 Å². The quantitative estimate of drug-likeness (QED) is 0.803. The molecule has 98 valence electrons. The van der Waals surface area contributed by atoms with Gasteiger partial charge in [-0.05, 0) is 44.6 Å². The van der Waals surface area contributed by atoms with E-state index in [1.165, 1.54) is 25.7 Å². The molecule has 0 bridgehead atoms. The Labute approximate surface area is 108 Å². The number of nitrogens with zero attached hydrogens (tertiary/aromatic N) is 3. The summed E-state index contributed by atoms with van der Waals surface area (Å²) in [6, 6.07) is 2.01. The molecule has 1 unspecified atom stereocenters. The van der Waals surface area contributed by atoms with Crippen molar-refractivity contribution < 1.29 is 4.74 Å². The van der Waals surface area contributed by atoms with Crippen molar-refractivity contribution in [1.29, 1.82) is 0 Å². The molecular formula is C14H21N3O. The lowest BCUT2D eigenvalue weighted by molar-refractivity contribution is 0.0531. The zero-order valence-electron chi connectivity index (χ0n) is 11.0. The van der Waals surface area contributed by atoms with Crippen LogP contribution in [-0.2, 0) is 4.74 Å². The molecule has 0 amide bonds. The zero-order chi connectivity index (χ0) is 12.4. The molecule has 0 N–H and O–H groups in total.